The number of nitrogens with zero attached hydrogens (tertiary/aromatic N) is 3. The summed E-state index contributed by atoms with van der Waals surface area (Å²) in [6.45, 7) is 0. The standard InChI is InChI=1S/C22H16Cl3N3S/c23-17-7-4-8-19(12-17)28-21(11-15-5-2-1-3-6-15)26-27-22(28)29-14-16-9-10-18(24)13-20(16)25/h1-10,12-13H,11,14H2. The number of halogens is 3. The SMILES string of the molecule is Clc1cccc(-n2c(Cc3ccccc3)nnc2SCc2ccc(Cl)cc2Cl)c1. The lowest BCUT2D eigenvalue weighted by Crippen LogP contribution is -2.04. The van der Waals surface area contributed by atoms with Crippen LogP contribution >= 0.6 is 46.6 Å². The molecule has 0 fully saturated rings. The molecule has 0 saturated carbocycles. The Hall–Kier alpha value is -1.98. The third-order valence-corrected chi connectivity index (χ3v) is 6.14. The molecule has 146 valence electrons. The lowest BCUT2D eigenvalue weighted by atomic mass is 10.1. The second-order valence-electron chi connectivity index (χ2n) is 6.40. The summed E-state index contributed by atoms with van der Waals surface area (Å²) >= 11 is 20.1. The molecule has 0 aliphatic carbocycles. The van der Waals surface area contributed by atoms with Gasteiger partial charge in [0, 0.05) is 27.2 Å². The highest BCUT2D eigenvalue weighted by Gasteiger charge is 2.16. The summed E-state index contributed by atoms with van der Waals surface area (Å²) < 4.78 is 2.05. The Morgan fingerprint density at radius 3 is 2.34 bits per heavy atom. The Bertz CT molecular complexity index is 1130. The van der Waals surface area contributed by atoms with Gasteiger partial charge in [0.15, 0.2) is 5.16 Å². The summed E-state index contributed by atoms with van der Waals surface area (Å²) in [5.74, 6) is 1.50. The molecule has 4 aromatic rings. The predicted molar refractivity (Wildman–Crippen MR) is 122 cm³/mol. The van der Waals surface area contributed by atoms with Gasteiger partial charge >= 0.3 is 0 Å². The number of aromatic nitrogens is 3. The van der Waals surface area contributed by atoms with Crippen LogP contribution in [-0.4, -0.2) is 14.8 Å². The van der Waals surface area contributed by atoms with Crippen LogP contribution in [0.2, 0.25) is 15.1 Å². The lowest BCUT2D eigenvalue weighted by molar-refractivity contribution is 0.848. The van der Waals surface area contributed by atoms with Crippen molar-refractivity contribution in [1.82, 2.24) is 14.8 Å². The van der Waals surface area contributed by atoms with Gasteiger partial charge in [-0.2, -0.15) is 0 Å². The largest absolute Gasteiger partial charge is 0.274 e. The van der Waals surface area contributed by atoms with Gasteiger partial charge in [-0.1, -0.05) is 89.0 Å². The Labute approximate surface area is 188 Å². The van der Waals surface area contributed by atoms with Crippen LogP contribution in [-0.2, 0) is 12.2 Å². The highest BCUT2D eigenvalue weighted by Crippen LogP contribution is 2.30. The van der Waals surface area contributed by atoms with E-state index in [4.69, 9.17) is 34.8 Å². The maximum atomic E-state index is 6.33. The van der Waals surface area contributed by atoms with Gasteiger partial charge in [-0.05, 0) is 41.5 Å². The summed E-state index contributed by atoms with van der Waals surface area (Å²) in [6, 6.07) is 23.4. The van der Waals surface area contributed by atoms with E-state index < -0.39 is 0 Å². The van der Waals surface area contributed by atoms with Crippen molar-refractivity contribution in [3.05, 3.63) is 105 Å². The molecule has 0 N–H and O–H groups in total. The van der Waals surface area contributed by atoms with Gasteiger partial charge in [0.05, 0.1) is 5.69 Å². The van der Waals surface area contributed by atoms with Crippen molar-refractivity contribution in [3.8, 4) is 5.69 Å². The molecule has 0 amide bonds. The molecular formula is C22H16Cl3N3S. The zero-order chi connectivity index (χ0) is 20.2. The molecule has 0 aliphatic rings. The van der Waals surface area contributed by atoms with E-state index in [9.17, 15) is 0 Å². The third-order valence-electron chi connectivity index (χ3n) is 4.34. The van der Waals surface area contributed by atoms with E-state index in [0.717, 1.165) is 22.2 Å². The summed E-state index contributed by atoms with van der Waals surface area (Å²) in [5, 5.41) is 11.6. The molecule has 1 aromatic heterocycles. The molecule has 3 nitrogen and oxygen atoms in total. The molecule has 1 heterocycles. The fourth-order valence-electron chi connectivity index (χ4n) is 2.94. The van der Waals surface area contributed by atoms with E-state index in [0.29, 0.717) is 27.2 Å². The zero-order valence-corrected chi connectivity index (χ0v) is 18.3. The van der Waals surface area contributed by atoms with E-state index in [1.165, 1.54) is 5.56 Å². The molecule has 0 atom stereocenters. The van der Waals surface area contributed by atoms with Crippen LogP contribution in [0.25, 0.3) is 5.69 Å². The minimum Gasteiger partial charge on any atom is -0.274 e. The van der Waals surface area contributed by atoms with Crippen molar-refractivity contribution >= 4 is 46.6 Å². The summed E-state index contributed by atoms with van der Waals surface area (Å²) in [7, 11) is 0. The Morgan fingerprint density at radius 1 is 0.793 bits per heavy atom. The third kappa shape index (κ3) is 4.96. The van der Waals surface area contributed by atoms with Gasteiger partial charge in [-0.25, -0.2) is 0 Å². The molecule has 0 bridgehead atoms. The van der Waals surface area contributed by atoms with Gasteiger partial charge in [-0.3, -0.25) is 4.57 Å². The summed E-state index contributed by atoms with van der Waals surface area (Å²) in [5.41, 5.74) is 3.09. The fraction of sp³-hybridized carbons (Fsp3) is 0.0909. The number of thioether (sulfide) groups is 1. The molecule has 0 unspecified atom stereocenters. The van der Waals surface area contributed by atoms with E-state index in [-0.39, 0.29) is 0 Å². The fourth-order valence-corrected chi connectivity index (χ4v) is 4.66. The summed E-state index contributed by atoms with van der Waals surface area (Å²) in [4.78, 5) is 0. The number of benzene rings is 3. The molecule has 0 radical (unpaired) electrons. The van der Waals surface area contributed by atoms with E-state index in [1.54, 1.807) is 17.8 Å². The van der Waals surface area contributed by atoms with Crippen molar-refractivity contribution in [3.63, 3.8) is 0 Å². The van der Waals surface area contributed by atoms with Crippen molar-refractivity contribution in [1.29, 1.82) is 0 Å². The average molecular weight is 461 g/mol. The zero-order valence-electron chi connectivity index (χ0n) is 15.2. The molecule has 0 spiro atoms. The maximum absolute atomic E-state index is 6.33. The van der Waals surface area contributed by atoms with E-state index >= 15 is 0 Å². The van der Waals surface area contributed by atoms with E-state index in [2.05, 4.69) is 22.3 Å². The first kappa shape index (κ1) is 20.3. The maximum Gasteiger partial charge on any atom is 0.196 e. The van der Waals surface area contributed by atoms with Crippen LogP contribution in [0.15, 0.2) is 78.0 Å². The minimum atomic E-state index is 0.621. The molecular weight excluding hydrogens is 445 g/mol. The van der Waals surface area contributed by atoms with Crippen molar-refractivity contribution in [2.24, 2.45) is 0 Å². The highest BCUT2D eigenvalue weighted by atomic mass is 35.5. The van der Waals surface area contributed by atoms with Crippen molar-refractivity contribution < 1.29 is 0 Å². The van der Waals surface area contributed by atoms with Gasteiger partial charge in [-0.15, -0.1) is 10.2 Å². The van der Waals surface area contributed by atoms with Crippen LogP contribution in [0.3, 0.4) is 0 Å². The molecule has 4 rings (SSSR count). The van der Waals surface area contributed by atoms with E-state index in [1.807, 2.05) is 59.2 Å². The van der Waals surface area contributed by atoms with Crippen LogP contribution in [0, 0.1) is 0 Å². The van der Waals surface area contributed by atoms with Gasteiger partial charge in [0.1, 0.15) is 5.82 Å². The molecule has 7 heteroatoms. The number of hydrogen-bond donors (Lipinski definition) is 0. The first-order chi connectivity index (χ1) is 14.1. The van der Waals surface area contributed by atoms with Crippen LogP contribution < -0.4 is 0 Å². The second-order valence-corrected chi connectivity index (χ2v) is 8.62. The molecule has 29 heavy (non-hydrogen) atoms. The quantitative estimate of drug-likeness (QED) is 0.287. The number of hydrogen-bond acceptors (Lipinski definition) is 3. The molecule has 3 aromatic carbocycles. The first-order valence-corrected chi connectivity index (χ1v) is 11.0. The van der Waals surface area contributed by atoms with Crippen LogP contribution in [0.4, 0.5) is 0 Å². The number of rotatable bonds is 6. The van der Waals surface area contributed by atoms with Crippen LogP contribution in [0.1, 0.15) is 17.0 Å². The second kappa shape index (κ2) is 9.23. The Balaban J connectivity index is 1.67. The first-order valence-electron chi connectivity index (χ1n) is 8.91. The average Bonchev–Trinajstić information content (AvgIpc) is 3.10. The van der Waals surface area contributed by atoms with Gasteiger partial charge in [0.25, 0.3) is 0 Å². The topological polar surface area (TPSA) is 30.7 Å². The molecule has 0 saturated heterocycles. The normalized spacial score (nSPS) is 11.0. The van der Waals surface area contributed by atoms with Gasteiger partial charge < -0.3 is 0 Å². The molecule has 0 aliphatic heterocycles. The lowest BCUT2D eigenvalue weighted by Gasteiger charge is -2.11. The van der Waals surface area contributed by atoms with Gasteiger partial charge in [0.2, 0.25) is 0 Å². The predicted octanol–water partition coefficient (Wildman–Crippen LogP) is 7.11. The summed E-state index contributed by atoms with van der Waals surface area (Å²) in [6.07, 6.45) is 0.669. The highest BCUT2D eigenvalue weighted by molar-refractivity contribution is 7.98. The van der Waals surface area contributed by atoms with Crippen molar-refractivity contribution in [2.75, 3.05) is 0 Å². The minimum absolute atomic E-state index is 0.621. The smallest absolute Gasteiger partial charge is 0.196 e. The Morgan fingerprint density at radius 2 is 1.59 bits per heavy atom. The Kier molecular flexibility index (Phi) is 6.46. The van der Waals surface area contributed by atoms with Crippen LogP contribution in [0.5, 0.6) is 0 Å². The monoisotopic (exact) mass is 459 g/mol. The van der Waals surface area contributed by atoms with Crippen molar-refractivity contribution in [2.45, 2.75) is 17.3 Å².